The molecule has 0 saturated carbocycles. The first-order valence-electron chi connectivity index (χ1n) is 10.9. The van der Waals surface area contributed by atoms with Gasteiger partial charge in [0.1, 0.15) is 22.3 Å². The average Bonchev–Trinajstić information content (AvgIpc) is 2.80. The van der Waals surface area contributed by atoms with E-state index in [0.29, 0.717) is 0 Å². The fourth-order valence-electron chi connectivity index (χ4n) is 3.03. The van der Waals surface area contributed by atoms with Crippen molar-refractivity contribution in [2.75, 3.05) is 31.2 Å². The molecule has 1 aliphatic rings. The van der Waals surface area contributed by atoms with Crippen molar-refractivity contribution in [1.82, 2.24) is 19.9 Å². The van der Waals surface area contributed by atoms with Crippen LogP contribution >= 0.6 is 23.4 Å². The fourth-order valence-corrected chi connectivity index (χ4v) is 3.56. The molecule has 0 aromatic carbocycles. The molecule has 3 rings (SSSR count). The van der Waals surface area contributed by atoms with Crippen LogP contribution in [0, 0.1) is 5.82 Å². The number of amides is 1. The number of anilines is 1. The molecule has 1 amide bonds. The number of rotatable bonds is 1. The molecular formula is C21H28ClF4N5O3S. The Morgan fingerprint density at radius 2 is 1.86 bits per heavy atom. The molecule has 14 heteroatoms. The van der Waals surface area contributed by atoms with Crippen molar-refractivity contribution in [3.05, 3.63) is 11.0 Å². The number of pyridine rings is 1. The largest absolute Gasteiger partial charge is 0.464 e. The average molecular weight is 542 g/mol. The second kappa shape index (κ2) is 11.6. The van der Waals surface area contributed by atoms with Gasteiger partial charge in [-0.25, -0.2) is 19.2 Å². The highest BCUT2D eigenvalue weighted by Gasteiger charge is 2.43. The van der Waals surface area contributed by atoms with Crippen LogP contribution in [0.2, 0.25) is 5.15 Å². The van der Waals surface area contributed by atoms with Crippen molar-refractivity contribution in [2.24, 2.45) is 0 Å². The molecule has 0 aliphatic carbocycles. The lowest BCUT2D eigenvalue weighted by Gasteiger charge is -2.29. The number of carbonyl (C=O) groups is 1. The van der Waals surface area contributed by atoms with Gasteiger partial charge in [0.2, 0.25) is 5.88 Å². The van der Waals surface area contributed by atoms with Crippen molar-refractivity contribution in [1.29, 1.82) is 0 Å². The SMILES string of the molecule is CC.CSc1nc2c3c(nc(Cl)c(F)c3n1)OC(C(F)(F)F)CCN(C(=O)OC(C)(C)C)CCN2. The lowest BCUT2D eigenvalue weighted by Crippen LogP contribution is -2.43. The quantitative estimate of drug-likeness (QED) is 0.206. The number of hydrogen-bond donors (Lipinski definition) is 1. The highest BCUT2D eigenvalue weighted by atomic mass is 35.5. The monoisotopic (exact) mass is 541 g/mol. The standard InChI is InChI=1S/C19H22ClF4N5O3S.C2H6/c1-18(2,3)32-17(30)29-7-5-9(19(22,23)24)31-15-10-12(11(21)13(20)27-15)26-16(33-4)28-14(10)25-6-8-29;1-2/h9H,5-8H2,1-4H3,(H,25,26,28);1-2H3. The second-order valence-electron chi connectivity index (χ2n) is 8.14. The third-order valence-electron chi connectivity index (χ3n) is 4.48. The normalized spacial score (nSPS) is 16.9. The Balaban J connectivity index is 0.00000210. The topological polar surface area (TPSA) is 89.5 Å². The number of carbonyl (C=O) groups excluding carboxylic acids is 1. The van der Waals surface area contributed by atoms with Gasteiger partial charge in [0.15, 0.2) is 22.2 Å². The van der Waals surface area contributed by atoms with Crippen molar-refractivity contribution < 1.29 is 31.8 Å². The molecular weight excluding hydrogens is 514 g/mol. The lowest BCUT2D eigenvalue weighted by molar-refractivity contribution is -0.197. The number of aromatic nitrogens is 3. The minimum atomic E-state index is -4.81. The maximum absolute atomic E-state index is 14.7. The highest BCUT2D eigenvalue weighted by molar-refractivity contribution is 7.98. The summed E-state index contributed by atoms with van der Waals surface area (Å²) in [6, 6.07) is 0. The predicted octanol–water partition coefficient (Wildman–Crippen LogP) is 5.93. The van der Waals surface area contributed by atoms with Gasteiger partial charge in [-0.15, -0.1) is 0 Å². The Bertz CT molecular complexity index is 1050. The first kappa shape index (κ1) is 29.0. The number of alkyl halides is 3. The van der Waals surface area contributed by atoms with Crippen LogP contribution in [0.1, 0.15) is 41.0 Å². The van der Waals surface area contributed by atoms with Crippen LogP contribution in [0.4, 0.5) is 28.2 Å². The number of nitrogens with zero attached hydrogens (tertiary/aromatic N) is 4. The Kier molecular flexibility index (Phi) is 9.63. The van der Waals surface area contributed by atoms with Gasteiger partial charge in [0.05, 0.1) is 0 Å². The summed E-state index contributed by atoms with van der Waals surface area (Å²) in [4.78, 5) is 25.7. The Labute approximate surface area is 210 Å². The summed E-state index contributed by atoms with van der Waals surface area (Å²) in [7, 11) is 0. The van der Waals surface area contributed by atoms with E-state index in [1.165, 1.54) is 0 Å². The molecule has 0 radical (unpaired) electrons. The van der Waals surface area contributed by atoms with Gasteiger partial charge in [-0.2, -0.15) is 18.2 Å². The molecule has 35 heavy (non-hydrogen) atoms. The number of nitrogens with one attached hydrogen (secondary N) is 1. The molecule has 196 valence electrons. The van der Waals surface area contributed by atoms with Gasteiger partial charge in [0.25, 0.3) is 0 Å². The molecule has 0 spiro atoms. The summed E-state index contributed by atoms with van der Waals surface area (Å²) in [5.41, 5.74) is -1.16. The number of ether oxygens (including phenoxy) is 2. The molecule has 8 nitrogen and oxygen atoms in total. The molecule has 2 aromatic rings. The molecule has 1 atom stereocenters. The van der Waals surface area contributed by atoms with Crippen LogP contribution in [-0.4, -0.2) is 69.7 Å². The van der Waals surface area contributed by atoms with Gasteiger partial charge in [-0.05, 0) is 27.0 Å². The molecule has 0 bridgehead atoms. The van der Waals surface area contributed by atoms with E-state index in [1.54, 1.807) is 27.0 Å². The van der Waals surface area contributed by atoms with E-state index >= 15 is 0 Å². The molecule has 2 aromatic heterocycles. The fraction of sp³-hybridized carbons (Fsp3) is 0.619. The Hall–Kier alpha value is -2.28. The summed E-state index contributed by atoms with van der Waals surface area (Å²) in [5, 5.41) is 2.23. The smallest absolute Gasteiger partial charge is 0.425 e. The van der Waals surface area contributed by atoms with Crippen LogP contribution in [0.25, 0.3) is 10.9 Å². The van der Waals surface area contributed by atoms with E-state index in [-0.39, 0.29) is 41.5 Å². The minimum absolute atomic E-state index is 0.00157. The van der Waals surface area contributed by atoms with Crippen LogP contribution in [0.3, 0.4) is 0 Å². The molecule has 1 aliphatic heterocycles. The third-order valence-corrected chi connectivity index (χ3v) is 5.28. The van der Waals surface area contributed by atoms with Gasteiger partial charge in [-0.3, -0.25) is 0 Å². The summed E-state index contributed by atoms with van der Waals surface area (Å²) in [5.74, 6) is -1.55. The van der Waals surface area contributed by atoms with Crippen LogP contribution in [0.15, 0.2) is 5.16 Å². The zero-order valence-electron chi connectivity index (χ0n) is 20.2. The van der Waals surface area contributed by atoms with E-state index in [4.69, 9.17) is 21.1 Å². The number of halogens is 5. The van der Waals surface area contributed by atoms with Crippen molar-refractivity contribution in [2.45, 2.75) is 64.1 Å². The van der Waals surface area contributed by atoms with Crippen LogP contribution < -0.4 is 10.1 Å². The third kappa shape index (κ3) is 7.35. The first-order chi connectivity index (χ1) is 16.3. The lowest BCUT2D eigenvalue weighted by atomic mass is 10.2. The molecule has 0 saturated heterocycles. The predicted molar refractivity (Wildman–Crippen MR) is 127 cm³/mol. The van der Waals surface area contributed by atoms with Gasteiger partial charge in [-0.1, -0.05) is 37.2 Å². The van der Waals surface area contributed by atoms with E-state index in [1.807, 2.05) is 13.8 Å². The second-order valence-corrected chi connectivity index (χ2v) is 9.27. The van der Waals surface area contributed by atoms with Gasteiger partial charge < -0.3 is 19.7 Å². The van der Waals surface area contributed by atoms with E-state index in [0.717, 1.165) is 16.7 Å². The molecule has 1 N–H and O–H groups in total. The van der Waals surface area contributed by atoms with Crippen LogP contribution in [0.5, 0.6) is 5.88 Å². The van der Waals surface area contributed by atoms with E-state index in [2.05, 4.69) is 20.3 Å². The Morgan fingerprint density at radius 1 is 1.20 bits per heavy atom. The Morgan fingerprint density at radius 3 is 2.43 bits per heavy atom. The van der Waals surface area contributed by atoms with Crippen molar-refractivity contribution in [3.8, 4) is 5.88 Å². The highest BCUT2D eigenvalue weighted by Crippen LogP contribution is 2.37. The summed E-state index contributed by atoms with van der Waals surface area (Å²) >= 11 is 6.93. The zero-order valence-corrected chi connectivity index (χ0v) is 21.8. The van der Waals surface area contributed by atoms with Crippen molar-refractivity contribution >= 4 is 46.2 Å². The van der Waals surface area contributed by atoms with E-state index < -0.39 is 47.2 Å². The minimum Gasteiger partial charge on any atom is -0.464 e. The molecule has 0 fully saturated rings. The zero-order chi connectivity index (χ0) is 26.6. The molecule has 1 unspecified atom stereocenters. The summed E-state index contributed by atoms with van der Waals surface area (Å²) in [6.07, 6.45) is -6.89. The van der Waals surface area contributed by atoms with E-state index in [9.17, 15) is 22.4 Å². The number of thioether (sulfide) groups is 1. The van der Waals surface area contributed by atoms with Crippen LogP contribution in [-0.2, 0) is 4.74 Å². The maximum atomic E-state index is 14.7. The molecule has 3 heterocycles. The summed E-state index contributed by atoms with van der Waals surface area (Å²) < 4.78 is 66.7. The number of hydrogen-bond acceptors (Lipinski definition) is 8. The van der Waals surface area contributed by atoms with Gasteiger partial charge in [0, 0.05) is 26.1 Å². The van der Waals surface area contributed by atoms with Crippen molar-refractivity contribution in [3.63, 3.8) is 0 Å². The van der Waals surface area contributed by atoms with Gasteiger partial charge >= 0.3 is 12.3 Å². The summed E-state index contributed by atoms with van der Waals surface area (Å²) in [6.45, 7) is 8.73. The maximum Gasteiger partial charge on any atom is 0.425 e. The first-order valence-corrected chi connectivity index (χ1v) is 12.5.